The second kappa shape index (κ2) is 5.52. The lowest BCUT2D eigenvalue weighted by Gasteiger charge is -2.15. The van der Waals surface area contributed by atoms with E-state index in [4.69, 9.17) is 0 Å². The van der Waals surface area contributed by atoms with Crippen molar-refractivity contribution in [1.29, 1.82) is 0 Å². The van der Waals surface area contributed by atoms with Crippen LogP contribution in [0.15, 0.2) is 18.2 Å². The average Bonchev–Trinajstić information content (AvgIpc) is 2.68. The molecule has 3 nitrogen and oxygen atoms in total. The first-order valence-corrected chi connectivity index (χ1v) is 6.03. The Morgan fingerprint density at radius 2 is 2.22 bits per heavy atom. The monoisotopic (exact) mass is 256 g/mol. The van der Waals surface area contributed by atoms with Crippen molar-refractivity contribution in [3.8, 4) is 5.75 Å². The molecule has 5 heteroatoms. The number of ether oxygens (including phenoxy) is 1. The molecule has 18 heavy (non-hydrogen) atoms. The highest BCUT2D eigenvalue weighted by Crippen LogP contribution is 2.36. The molecular formula is C13H18F2N2O. The fourth-order valence-electron chi connectivity index (χ4n) is 2.23. The number of nitrogens with zero attached hydrogens (tertiary/aromatic N) is 1. The second-order valence-corrected chi connectivity index (χ2v) is 4.80. The number of benzene rings is 1. The molecule has 0 saturated heterocycles. The molecule has 0 amide bonds. The molecule has 0 radical (unpaired) electrons. The Morgan fingerprint density at radius 1 is 1.44 bits per heavy atom. The number of hydrogen-bond donors (Lipinski definition) is 1. The first-order chi connectivity index (χ1) is 8.56. The van der Waals surface area contributed by atoms with Gasteiger partial charge in [-0.15, -0.1) is 0 Å². The predicted octanol–water partition coefficient (Wildman–Crippen LogP) is 2.75. The van der Waals surface area contributed by atoms with Crippen molar-refractivity contribution in [1.82, 2.24) is 4.90 Å². The number of rotatable bonds is 5. The van der Waals surface area contributed by atoms with Crippen molar-refractivity contribution in [2.75, 3.05) is 32.5 Å². The van der Waals surface area contributed by atoms with Gasteiger partial charge in [-0.3, -0.25) is 0 Å². The van der Waals surface area contributed by atoms with Crippen LogP contribution in [0.4, 0.5) is 14.5 Å². The summed E-state index contributed by atoms with van der Waals surface area (Å²) in [6, 6.07) is 5.11. The fourth-order valence-corrected chi connectivity index (χ4v) is 2.23. The lowest BCUT2D eigenvalue weighted by atomic mass is 9.97. The van der Waals surface area contributed by atoms with Crippen molar-refractivity contribution in [3.05, 3.63) is 23.8 Å². The molecular weight excluding hydrogens is 238 g/mol. The number of hydrogen-bond acceptors (Lipinski definition) is 3. The van der Waals surface area contributed by atoms with Crippen LogP contribution in [0.3, 0.4) is 0 Å². The van der Waals surface area contributed by atoms with E-state index in [1.54, 1.807) is 12.1 Å². The smallest absolute Gasteiger partial charge is 0.387 e. The van der Waals surface area contributed by atoms with Crippen molar-refractivity contribution >= 4 is 5.69 Å². The highest BCUT2D eigenvalue weighted by Gasteiger charge is 2.23. The highest BCUT2D eigenvalue weighted by atomic mass is 19.3. The van der Waals surface area contributed by atoms with Gasteiger partial charge in [0.2, 0.25) is 0 Å². The third-order valence-electron chi connectivity index (χ3n) is 3.15. The minimum atomic E-state index is -2.77. The van der Waals surface area contributed by atoms with Crippen LogP contribution in [0.25, 0.3) is 0 Å². The third-order valence-corrected chi connectivity index (χ3v) is 3.15. The summed E-state index contributed by atoms with van der Waals surface area (Å²) in [5, 5.41) is 3.29. The summed E-state index contributed by atoms with van der Waals surface area (Å²) in [4.78, 5) is 2.12. The van der Waals surface area contributed by atoms with E-state index in [9.17, 15) is 8.78 Å². The lowest BCUT2D eigenvalue weighted by molar-refractivity contribution is -0.0498. The van der Waals surface area contributed by atoms with Crippen LogP contribution in [0.2, 0.25) is 0 Å². The molecule has 0 fully saturated rings. The first kappa shape index (κ1) is 13.1. The molecule has 100 valence electrons. The molecule has 1 aromatic carbocycles. The van der Waals surface area contributed by atoms with Gasteiger partial charge in [-0.1, -0.05) is 0 Å². The number of halogens is 2. The van der Waals surface area contributed by atoms with Gasteiger partial charge in [0.25, 0.3) is 0 Å². The van der Waals surface area contributed by atoms with Gasteiger partial charge in [-0.2, -0.15) is 8.78 Å². The van der Waals surface area contributed by atoms with E-state index in [2.05, 4.69) is 15.0 Å². The van der Waals surface area contributed by atoms with Crippen LogP contribution in [0.1, 0.15) is 17.9 Å². The van der Waals surface area contributed by atoms with Gasteiger partial charge < -0.3 is 15.0 Å². The van der Waals surface area contributed by atoms with Crippen LogP contribution in [-0.2, 0) is 0 Å². The molecule has 1 atom stereocenters. The summed E-state index contributed by atoms with van der Waals surface area (Å²) in [6.45, 7) is -0.926. The summed E-state index contributed by atoms with van der Waals surface area (Å²) >= 11 is 0. The maximum Gasteiger partial charge on any atom is 0.387 e. The van der Waals surface area contributed by atoms with Gasteiger partial charge in [0, 0.05) is 18.2 Å². The molecule has 1 aromatic rings. The van der Waals surface area contributed by atoms with Gasteiger partial charge in [0.1, 0.15) is 5.75 Å². The van der Waals surface area contributed by atoms with E-state index in [1.165, 1.54) is 0 Å². The Balaban J connectivity index is 2.09. The van der Waals surface area contributed by atoms with Crippen LogP contribution in [0, 0.1) is 0 Å². The number of nitrogens with one attached hydrogen (secondary N) is 1. The van der Waals surface area contributed by atoms with E-state index in [0.717, 1.165) is 30.8 Å². The number of alkyl halides is 2. The number of fused-ring (bicyclic) bond motifs is 1. The lowest BCUT2D eigenvalue weighted by Crippen LogP contribution is -2.16. The topological polar surface area (TPSA) is 24.5 Å². The zero-order valence-electron chi connectivity index (χ0n) is 10.6. The summed E-state index contributed by atoms with van der Waals surface area (Å²) in [7, 11) is 4.05. The van der Waals surface area contributed by atoms with Crippen LogP contribution < -0.4 is 10.1 Å². The van der Waals surface area contributed by atoms with Crippen LogP contribution in [-0.4, -0.2) is 38.7 Å². The van der Waals surface area contributed by atoms with Crippen LogP contribution in [0.5, 0.6) is 5.75 Å². The molecule has 0 aliphatic carbocycles. The average molecular weight is 256 g/mol. The number of anilines is 1. The Labute approximate surface area is 106 Å². The maximum absolute atomic E-state index is 12.2. The quantitative estimate of drug-likeness (QED) is 0.876. The van der Waals surface area contributed by atoms with Gasteiger partial charge >= 0.3 is 6.61 Å². The summed E-state index contributed by atoms with van der Waals surface area (Å²) in [6.07, 6.45) is 1.01. The van der Waals surface area contributed by atoms with Gasteiger partial charge in [-0.25, -0.2) is 0 Å². The van der Waals surface area contributed by atoms with Crippen molar-refractivity contribution in [2.24, 2.45) is 0 Å². The Hall–Kier alpha value is -1.36. The third kappa shape index (κ3) is 3.10. The molecule has 0 aromatic heterocycles. The SMILES string of the molecule is CN(C)CCC1CNc2ccc(OC(F)F)cc21. The minimum absolute atomic E-state index is 0.238. The second-order valence-electron chi connectivity index (χ2n) is 4.80. The van der Waals surface area contributed by atoms with Gasteiger partial charge in [0.05, 0.1) is 0 Å². The minimum Gasteiger partial charge on any atom is -0.435 e. The zero-order chi connectivity index (χ0) is 13.1. The highest BCUT2D eigenvalue weighted by molar-refractivity contribution is 5.60. The molecule has 0 bridgehead atoms. The zero-order valence-corrected chi connectivity index (χ0v) is 10.6. The summed E-state index contributed by atoms with van der Waals surface area (Å²) in [5.74, 6) is 0.603. The molecule has 0 spiro atoms. The summed E-state index contributed by atoms with van der Waals surface area (Å²) < 4.78 is 28.8. The van der Waals surface area contributed by atoms with E-state index in [-0.39, 0.29) is 5.75 Å². The molecule has 1 aliphatic heterocycles. The summed E-state index contributed by atoms with van der Waals surface area (Å²) in [5.41, 5.74) is 2.11. The standard InChI is InChI=1S/C13H18F2N2O/c1-17(2)6-5-9-8-16-12-4-3-10(7-11(9)12)18-13(14)15/h3-4,7,9,13,16H,5-6,8H2,1-2H3. The van der Waals surface area contributed by atoms with Crippen molar-refractivity contribution in [3.63, 3.8) is 0 Å². The molecule has 2 rings (SSSR count). The maximum atomic E-state index is 12.2. The molecule has 0 saturated carbocycles. The van der Waals surface area contributed by atoms with E-state index >= 15 is 0 Å². The van der Waals surface area contributed by atoms with Crippen molar-refractivity contribution < 1.29 is 13.5 Å². The fraction of sp³-hybridized carbons (Fsp3) is 0.538. The Morgan fingerprint density at radius 3 is 2.89 bits per heavy atom. The van der Waals surface area contributed by atoms with E-state index in [1.807, 2.05) is 20.2 Å². The molecule has 1 aliphatic rings. The van der Waals surface area contributed by atoms with E-state index < -0.39 is 6.61 Å². The van der Waals surface area contributed by atoms with Crippen molar-refractivity contribution in [2.45, 2.75) is 19.0 Å². The predicted molar refractivity (Wildman–Crippen MR) is 67.5 cm³/mol. The molecule has 1 unspecified atom stereocenters. The Bertz CT molecular complexity index is 410. The van der Waals surface area contributed by atoms with E-state index in [0.29, 0.717) is 5.92 Å². The molecule has 1 heterocycles. The molecule has 1 N–H and O–H groups in total. The first-order valence-electron chi connectivity index (χ1n) is 6.03. The van der Waals surface area contributed by atoms with Gasteiger partial charge in [-0.05, 0) is 50.8 Å². The normalized spacial score (nSPS) is 18.0. The van der Waals surface area contributed by atoms with Crippen LogP contribution >= 0.6 is 0 Å². The largest absolute Gasteiger partial charge is 0.435 e. The van der Waals surface area contributed by atoms with Gasteiger partial charge in [0.15, 0.2) is 0 Å². The Kier molecular flexibility index (Phi) is 4.01.